The zero-order valence-corrected chi connectivity index (χ0v) is 12.4. The summed E-state index contributed by atoms with van der Waals surface area (Å²) in [5.41, 5.74) is 2.57. The normalized spacial score (nSPS) is 10.8. The largest absolute Gasteiger partial charge is 0.368 e. The van der Waals surface area contributed by atoms with Crippen molar-refractivity contribution in [1.29, 1.82) is 0 Å². The second kappa shape index (κ2) is 6.06. The second-order valence-corrected chi connectivity index (χ2v) is 5.08. The highest BCUT2D eigenvalue weighted by Crippen LogP contribution is 2.33. The van der Waals surface area contributed by atoms with Crippen LogP contribution in [0, 0.1) is 0 Å². The summed E-state index contributed by atoms with van der Waals surface area (Å²) in [5.74, 6) is 0.772. The summed E-state index contributed by atoms with van der Waals surface area (Å²) < 4.78 is 0. The molecule has 0 aliphatic rings. The van der Waals surface area contributed by atoms with Crippen molar-refractivity contribution in [2.75, 3.05) is 11.9 Å². The molecule has 0 aliphatic carbocycles. The standard InChI is InChI=1S/C16H15ClN4/c1-2-7-20-16-15(19-9-10-21-16)12-5-6-13(17)11-4-3-8-18-14(11)12/h3-6,8-10H,2,7H2,1H3,(H,20,21). The van der Waals surface area contributed by atoms with Crippen LogP contribution in [0.5, 0.6) is 0 Å². The lowest BCUT2D eigenvalue weighted by atomic mass is 10.1. The molecule has 3 rings (SSSR count). The molecule has 21 heavy (non-hydrogen) atoms. The Labute approximate surface area is 128 Å². The van der Waals surface area contributed by atoms with Gasteiger partial charge < -0.3 is 5.32 Å². The van der Waals surface area contributed by atoms with Crippen molar-refractivity contribution in [3.05, 3.63) is 47.9 Å². The van der Waals surface area contributed by atoms with Crippen LogP contribution in [0.15, 0.2) is 42.9 Å². The van der Waals surface area contributed by atoms with E-state index in [1.54, 1.807) is 18.6 Å². The molecule has 0 spiro atoms. The zero-order chi connectivity index (χ0) is 14.7. The summed E-state index contributed by atoms with van der Waals surface area (Å²) in [7, 11) is 0. The van der Waals surface area contributed by atoms with Crippen LogP contribution in [0.3, 0.4) is 0 Å². The van der Waals surface area contributed by atoms with E-state index in [0.29, 0.717) is 5.02 Å². The Hall–Kier alpha value is -2.20. The van der Waals surface area contributed by atoms with Gasteiger partial charge in [-0.15, -0.1) is 0 Å². The van der Waals surface area contributed by atoms with Gasteiger partial charge in [-0.2, -0.15) is 0 Å². The van der Waals surface area contributed by atoms with E-state index in [9.17, 15) is 0 Å². The lowest BCUT2D eigenvalue weighted by Gasteiger charge is -2.11. The van der Waals surface area contributed by atoms with Crippen molar-refractivity contribution >= 4 is 28.3 Å². The zero-order valence-electron chi connectivity index (χ0n) is 11.7. The molecule has 1 N–H and O–H groups in total. The fraction of sp³-hybridized carbons (Fsp3) is 0.188. The first kappa shape index (κ1) is 13.8. The van der Waals surface area contributed by atoms with Crippen LogP contribution in [0.1, 0.15) is 13.3 Å². The van der Waals surface area contributed by atoms with Crippen molar-refractivity contribution in [3.63, 3.8) is 0 Å². The van der Waals surface area contributed by atoms with E-state index in [2.05, 4.69) is 27.2 Å². The maximum Gasteiger partial charge on any atom is 0.152 e. The number of benzene rings is 1. The number of fused-ring (bicyclic) bond motifs is 1. The van der Waals surface area contributed by atoms with Crippen LogP contribution in [-0.4, -0.2) is 21.5 Å². The summed E-state index contributed by atoms with van der Waals surface area (Å²) >= 11 is 6.25. The summed E-state index contributed by atoms with van der Waals surface area (Å²) in [6.45, 7) is 2.97. The first-order valence-corrected chi connectivity index (χ1v) is 7.27. The number of nitrogens with zero attached hydrogens (tertiary/aromatic N) is 3. The summed E-state index contributed by atoms with van der Waals surface area (Å²) in [6, 6.07) is 7.66. The third-order valence-corrected chi connectivity index (χ3v) is 3.54. The average Bonchev–Trinajstić information content (AvgIpc) is 2.54. The maximum absolute atomic E-state index is 6.25. The molecule has 5 heteroatoms. The fourth-order valence-corrected chi connectivity index (χ4v) is 2.45. The van der Waals surface area contributed by atoms with Crippen molar-refractivity contribution < 1.29 is 0 Å². The molecule has 106 valence electrons. The summed E-state index contributed by atoms with van der Waals surface area (Å²) in [4.78, 5) is 13.3. The minimum absolute atomic E-state index is 0.689. The Morgan fingerprint density at radius 3 is 2.76 bits per heavy atom. The van der Waals surface area contributed by atoms with Gasteiger partial charge in [0.25, 0.3) is 0 Å². The fourth-order valence-electron chi connectivity index (χ4n) is 2.24. The molecular formula is C16H15ClN4. The number of aromatic nitrogens is 3. The Morgan fingerprint density at radius 2 is 1.90 bits per heavy atom. The number of halogens is 1. The Balaban J connectivity index is 2.19. The molecule has 2 aromatic heterocycles. The smallest absolute Gasteiger partial charge is 0.152 e. The van der Waals surface area contributed by atoms with Crippen LogP contribution >= 0.6 is 11.6 Å². The molecule has 0 amide bonds. The third-order valence-electron chi connectivity index (χ3n) is 3.21. The highest BCUT2D eigenvalue weighted by Gasteiger charge is 2.13. The first-order chi connectivity index (χ1) is 10.3. The summed E-state index contributed by atoms with van der Waals surface area (Å²) in [5, 5.41) is 4.92. The van der Waals surface area contributed by atoms with E-state index in [1.807, 2.05) is 24.3 Å². The second-order valence-electron chi connectivity index (χ2n) is 4.67. The Bertz CT molecular complexity index is 773. The lowest BCUT2D eigenvalue weighted by Crippen LogP contribution is -2.04. The van der Waals surface area contributed by atoms with Gasteiger partial charge in [0.05, 0.1) is 10.5 Å². The topological polar surface area (TPSA) is 50.7 Å². The minimum Gasteiger partial charge on any atom is -0.368 e. The summed E-state index contributed by atoms with van der Waals surface area (Å²) in [6.07, 6.45) is 6.16. The number of anilines is 1. The average molecular weight is 299 g/mol. The van der Waals surface area contributed by atoms with Gasteiger partial charge in [0.1, 0.15) is 5.69 Å². The molecule has 0 fully saturated rings. The number of nitrogens with one attached hydrogen (secondary N) is 1. The van der Waals surface area contributed by atoms with Gasteiger partial charge in [-0.1, -0.05) is 18.5 Å². The van der Waals surface area contributed by atoms with E-state index in [4.69, 9.17) is 11.6 Å². The minimum atomic E-state index is 0.689. The number of pyridine rings is 1. The van der Waals surface area contributed by atoms with Gasteiger partial charge >= 0.3 is 0 Å². The van der Waals surface area contributed by atoms with Gasteiger partial charge in [0.2, 0.25) is 0 Å². The lowest BCUT2D eigenvalue weighted by molar-refractivity contribution is 0.966. The number of hydrogen-bond acceptors (Lipinski definition) is 4. The van der Waals surface area contributed by atoms with E-state index >= 15 is 0 Å². The van der Waals surface area contributed by atoms with Crippen molar-refractivity contribution in [3.8, 4) is 11.3 Å². The molecule has 0 saturated heterocycles. The predicted molar refractivity (Wildman–Crippen MR) is 86.6 cm³/mol. The quantitative estimate of drug-likeness (QED) is 0.785. The predicted octanol–water partition coefficient (Wildman–Crippen LogP) is 4.17. The molecule has 1 aromatic carbocycles. The number of rotatable bonds is 4. The van der Waals surface area contributed by atoms with E-state index in [0.717, 1.165) is 40.9 Å². The highest BCUT2D eigenvalue weighted by molar-refractivity contribution is 6.35. The molecule has 0 radical (unpaired) electrons. The van der Waals surface area contributed by atoms with Gasteiger partial charge in [-0.05, 0) is 30.7 Å². The Morgan fingerprint density at radius 1 is 1.05 bits per heavy atom. The van der Waals surface area contributed by atoms with Gasteiger partial charge in [0, 0.05) is 36.1 Å². The van der Waals surface area contributed by atoms with Crippen molar-refractivity contribution in [1.82, 2.24) is 15.0 Å². The van der Waals surface area contributed by atoms with E-state index in [1.165, 1.54) is 0 Å². The molecule has 3 aromatic rings. The maximum atomic E-state index is 6.25. The highest BCUT2D eigenvalue weighted by atomic mass is 35.5. The molecular weight excluding hydrogens is 284 g/mol. The van der Waals surface area contributed by atoms with Crippen LogP contribution < -0.4 is 5.32 Å². The third kappa shape index (κ3) is 2.67. The molecule has 0 aliphatic heterocycles. The van der Waals surface area contributed by atoms with Crippen molar-refractivity contribution in [2.45, 2.75) is 13.3 Å². The van der Waals surface area contributed by atoms with Gasteiger partial charge in [-0.3, -0.25) is 9.97 Å². The first-order valence-electron chi connectivity index (χ1n) is 6.89. The van der Waals surface area contributed by atoms with E-state index in [-0.39, 0.29) is 0 Å². The monoisotopic (exact) mass is 298 g/mol. The SMILES string of the molecule is CCCNc1nccnc1-c1ccc(Cl)c2cccnc12. The molecule has 4 nitrogen and oxygen atoms in total. The van der Waals surface area contributed by atoms with Crippen LogP contribution in [0.4, 0.5) is 5.82 Å². The van der Waals surface area contributed by atoms with Crippen molar-refractivity contribution in [2.24, 2.45) is 0 Å². The molecule has 2 heterocycles. The Kier molecular flexibility index (Phi) is 3.97. The van der Waals surface area contributed by atoms with Gasteiger partial charge in [0.15, 0.2) is 5.82 Å². The molecule has 0 saturated carbocycles. The molecule has 0 unspecified atom stereocenters. The van der Waals surface area contributed by atoms with Crippen LogP contribution in [0.2, 0.25) is 5.02 Å². The van der Waals surface area contributed by atoms with Crippen LogP contribution in [0.25, 0.3) is 22.2 Å². The number of hydrogen-bond donors (Lipinski definition) is 1. The molecule has 0 atom stereocenters. The molecule has 0 bridgehead atoms. The van der Waals surface area contributed by atoms with Crippen LogP contribution in [-0.2, 0) is 0 Å². The van der Waals surface area contributed by atoms with E-state index < -0.39 is 0 Å². The van der Waals surface area contributed by atoms with Gasteiger partial charge in [-0.25, -0.2) is 4.98 Å².